The predicted molar refractivity (Wildman–Crippen MR) is 102 cm³/mol. The van der Waals surface area contributed by atoms with Crippen molar-refractivity contribution in [2.75, 3.05) is 6.61 Å². The quantitative estimate of drug-likeness (QED) is 0.517. The number of hydrogen-bond donors (Lipinski definition) is 0. The smallest absolute Gasteiger partial charge is 0.190 e. The Bertz CT molecular complexity index is 558. The van der Waals surface area contributed by atoms with E-state index in [9.17, 15) is 4.21 Å². The first kappa shape index (κ1) is 20.2. The first-order valence-corrected chi connectivity index (χ1v) is 11.6. The molecule has 0 fully saturated rings. The van der Waals surface area contributed by atoms with Crippen molar-refractivity contribution in [3.8, 4) is 11.5 Å². The highest BCUT2D eigenvalue weighted by molar-refractivity contribution is 7.80. The summed E-state index contributed by atoms with van der Waals surface area (Å²) in [5.41, 5.74) is 6.51. The Labute approximate surface area is 145 Å². The van der Waals surface area contributed by atoms with Crippen molar-refractivity contribution >= 4 is 19.2 Å². The third-order valence-corrected chi connectivity index (χ3v) is 12.0. The molecule has 0 aliphatic heterocycles. The molecule has 0 N–H and O–H groups in total. The molecule has 128 valence electrons. The fourth-order valence-electron chi connectivity index (χ4n) is 3.42. The lowest BCUT2D eigenvalue weighted by atomic mass is 10.2. The Morgan fingerprint density at radius 2 is 1.48 bits per heavy atom. The minimum absolute atomic E-state index is 0.224. The molecule has 0 spiro atoms. The molecule has 23 heavy (non-hydrogen) atoms. The summed E-state index contributed by atoms with van der Waals surface area (Å²) in [5.74, 6) is 3.18. The lowest BCUT2D eigenvalue weighted by Gasteiger charge is -2.38. The summed E-state index contributed by atoms with van der Waals surface area (Å²) in [7, 11) is -1.73. The monoisotopic (exact) mass is 350 g/mol. The maximum absolute atomic E-state index is 12.1. The molecule has 0 aromatic heterocycles. The zero-order valence-electron chi connectivity index (χ0n) is 15.5. The summed E-state index contributed by atoms with van der Waals surface area (Å²) < 4.78 is 17.5. The highest BCUT2D eigenvalue weighted by atomic mass is 32.2. The Hall–Kier alpha value is -0.893. The van der Waals surface area contributed by atoms with Crippen LogP contribution >= 0.6 is 0 Å². The van der Waals surface area contributed by atoms with Crippen LogP contribution in [0, 0.1) is 18.4 Å². The van der Waals surface area contributed by atoms with Crippen LogP contribution in [0.15, 0.2) is 29.2 Å². The molecule has 1 aromatic rings. The molecular weight excluding hydrogens is 320 g/mol. The molecule has 2 nitrogen and oxygen atoms in total. The van der Waals surface area contributed by atoms with Crippen molar-refractivity contribution in [2.45, 2.75) is 70.0 Å². The molecule has 0 aliphatic carbocycles. The number of rotatable bonds is 6. The number of benzene rings is 1. The number of hydrogen-bond acceptors (Lipinski definition) is 2. The van der Waals surface area contributed by atoms with Gasteiger partial charge in [0, 0.05) is 0 Å². The van der Waals surface area contributed by atoms with Gasteiger partial charge in [-0.05, 0) is 35.7 Å². The first-order chi connectivity index (χ1) is 10.7. The number of aryl methyl sites for hydroxylation is 1. The fourth-order valence-corrected chi connectivity index (χ4v) is 9.33. The summed E-state index contributed by atoms with van der Waals surface area (Å²) >= 11 is -1.44. The van der Waals surface area contributed by atoms with E-state index in [1.54, 1.807) is 0 Å². The van der Waals surface area contributed by atoms with E-state index in [1.807, 2.05) is 31.2 Å². The summed E-state index contributed by atoms with van der Waals surface area (Å²) in [6, 6.07) is 7.57. The predicted octanol–water partition coefficient (Wildman–Crippen LogP) is 5.26. The molecule has 1 atom stereocenters. The van der Waals surface area contributed by atoms with Crippen LogP contribution in [-0.4, -0.2) is 18.9 Å². The average molecular weight is 351 g/mol. The van der Waals surface area contributed by atoms with Crippen LogP contribution in [0.4, 0.5) is 0 Å². The van der Waals surface area contributed by atoms with Crippen LogP contribution < -0.4 is 0 Å². The second-order valence-corrected chi connectivity index (χ2v) is 13.8. The lowest BCUT2D eigenvalue weighted by molar-refractivity contribution is 0.402. The van der Waals surface area contributed by atoms with E-state index in [4.69, 9.17) is 4.18 Å². The minimum Gasteiger partial charge on any atom is -0.274 e. The molecular formula is C19H30O2SSi. The Balaban J connectivity index is 2.78. The highest BCUT2D eigenvalue weighted by Crippen LogP contribution is 2.40. The van der Waals surface area contributed by atoms with Gasteiger partial charge in [0.05, 0.1) is 4.90 Å². The molecule has 1 rings (SSSR count). The van der Waals surface area contributed by atoms with Crippen molar-refractivity contribution in [1.82, 2.24) is 0 Å². The van der Waals surface area contributed by atoms with Gasteiger partial charge in [0.1, 0.15) is 14.7 Å². The van der Waals surface area contributed by atoms with Gasteiger partial charge in [-0.3, -0.25) is 4.18 Å². The van der Waals surface area contributed by atoms with E-state index < -0.39 is 19.2 Å². The molecule has 1 aromatic carbocycles. The molecule has 0 aliphatic rings. The van der Waals surface area contributed by atoms with E-state index >= 15 is 0 Å². The van der Waals surface area contributed by atoms with Gasteiger partial charge in [-0.1, -0.05) is 65.2 Å². The normalized spacial score (nSPS) is 13.3. The standard InChI is InChI=1S/C19H30O2SSi/c1-15(2)23(16(3)4,17(5)6)14-8-13-21-22(20)19-11-9-18(7)10-12-19/h9-12,15-17H,13H2,1-7H3/t22-/m0/s1. The van der Waals surface area contributed by atoms with Crippen LogP contribution in [-0.2, 0) is 15.3 Å². The highest BCUT2D eigenvalue weighted by Gasteiger charge is 2.41. The molecule has 0 radical (unpaired) electrons. The first-order valence-electron chi connectivity index (χ1n) is 8.33. The summed E-state index contributed by atoms with van der Waals surface area (Å²) in [4.78, 5) is 0.692. The minimum atomic E-state index is -1.73. The van der Waals surface area contributed by atoms with Crippen LogP contribution in [0.3, 0.4) is 0 Å². The van der Waals surface area contributed by atoms with Gasteiger partial charge >= 0.3 is 0 Å². The summed E-state index contributed by atoms with van der Waals surface area (Å²) in [6.07, 6.45) is 0. The van der Waals surface area contributed by atoms with E-state index in [-0.39, 0.29) is 6.61 Å². The van der Waals surface area contributed by atoms with Crippen LogP contribution in [0.2, 0.25) is 16.6 Å². The Morgan fingerprint density at radius 3 is 1.91 bits per heavy atom. The molecule has 0 bridgehead atoms. The molecule has 0 saturated heterocycles. The topological polar surface area (TPSA) is 26.3 Å². The molecule has 4 heteroatoms. The second-order valence-electron chi connectivity index (χ2n) is 7.01. The average Bonchev–Trinajstić information content (AvgIpc) is 2.46. The van der Waals surface area contributed by atoms with Crippen molar-refractivity contribution in [3.63, 3.8) is 0 Å². The molecule has 0 saturated carbocycles. The maximum atomic E-state index is 12.1. The van der Waals surface area contributed by atoms with Crippen molar-refractivity contribution in [2.24, 2.45) is 0 Å². The van der Waals surface area contributed by atoms with Gasteiger partial charge in [0.25, 0.3) is 0 Å². The second kappa shape index (κ2) is 8.82. The van der Waals surface area contributed by atoms with Gasteiger partial charge < -0.3 is 0 Å². The maximum Gasteiger partial charge on any atom is 0.190 e. The van der Waals surface area contributed by atoms with E-state index in [2.05, 4.69) is 53.0 Å². The van der Waals surface area contributed by atoms with E-state index in [0.29, 0.717) is 21.5 Å². The van der Waals surface area contributed by atoms with Gasteiger partial charge in [0.2, 0.25) is 0 Å². The third kappa shape index (κ3) is 5.04. The van der Waals surface area contributed by atoms with Gasteiger partial charge in [-0.15, -0.1) is 5.54 Å². The van der Waals surface area contributed by atoms with E-state index in [0.717, 1.165) is 5.56 Å². The molecule has 0 heterocycles. The molecule has 0 amide bonds. The van der Waals surface area contributed by atoms with Crippen LogP contribution in [0.5, 0.6) is 0 Å². The molecule has 0 unspecified atom stereocenters. The van der Waals surface area contributed by atoms with Crippen LogP contribution in [0.25, 0.3) is 0 Å². The van der Waals surface area contributed by atoms with Crippen LogP contribution in [0.1, 0.15) is 47.1 Å². The Morgan fingerprint density at radius 1 is 1.00 bits per heavy atom. The largest absolute Gasteiger partial charge is 0.274 e. The van der Waals surface area contributed by atoms with Crippen molar-refractivity contribution in [3.05, 3.63) is 29.8 Å². The van der Waals surface area contributed by atoms with Gasteiger partial charge in [-0.2, -0.15) is 0 Å². The third-order valence-electron chi connectivity index (χ3n) is 4.62. The van der Waals surface area contributed by atoms with Gasteiger partial charge in [0.15, 0.2) is 11.1 Å². The Kier molecular flexibility index (Phi) is 7.73. The SMILES string of the molecule is Cc1ccc([S@@](=O)OCC#C[Si](C(C)C)(C(C)C)C(C)C)cc1. The van der Waals surface area contributed by atoms with E-state index in [1.165, 1.54) is 0 Å². The zero-order chi connectivity index (χ0) is 17.6. The van der Waals surface area contributed by atoms with Crippen molar-refractivity contribution in [1.29, 1.82) is 0 Å². The van der Waals surface area contributed by atoms with Gasteiger partial charge in [-0.25, -0.2) is 4.21 Å². The summed E-state index contributed by atoms with van der Waals surface area (Å²) in [5, 5.41) is 0. The lowest BCUT2D eigenvalue weighted by Crippen LogP contribution is -2.43. The van der Waals surface area contributed by atoms with Crippen molar-refractivity contribution < 1.29 is 8.39 Å². The summed E-state index contributed by atoms with van der Waals surface area (Å²) in [6.45, 7) is 15.9. The fraction of sp³-hybridized carbons (Fsp3) is 0.579. The zero-order valence-corrected chi connectivity index (χ0v) is 17.3.